The van der Waals surface area contributed by atoms with Crippen LogP contribution in [0, 0.1) is 0 Å². The molecule has 1 atom stereocenters. The Kier molecular flexibility index (Phi) is 5.55. The highest BCUT2D eigenvalue weighted by atomic mass is 16.2. The first kappa shape index (κ1) is 12.6. The highest BCUT2D eigenvalue weighted by molar-refractivity contribution is 5.87. The second kappa shape index (κ2) is 6.15. The average molecular weight is 199 g/mol. The summed E-state index contributed by atoms with van der Waals surface area (Å²) in [6.45, 7) is 3.52. The molecule has 0 aliphatic carbocycles. The van der Waals surface area contributed by atoms with Crippen LogP contribution in [0.4, 0.5) is 0 Å². The summed E-state index contributed by atoms with van der Waals surface area (Å²) >= 11 is 0. The standard InChI is InChI=1S/C9H17N3O2/c1-4-5-7(10)9(14)12(3)6-8(13)11-2/h4,7H,1,5-6,10H2,2-3H3,(H,11,13). The van der Waals surface area contributed by atoms with E-state index in [2.05, 4.69) is 11.9 Å². The van der Waals surface area contributed by atoms with E-state index in [1.807, 2.05) is 0 Å². The maximum atomic E-state index is 11.5. The van der Waals surface area contributed by atoms with E-state index in [0.717, 1.165) is 0 Å². The fourth-order valence-corrected chi connectivity index (χ4v) is 0.936. The first-order valence-electron chi connectivity index (χ1n) is 4.35. The van der Waals surface area contributed by atoms with Gasteiger partial charge in [0, 0.05) is 14.1 Å². The zero-order valence-corrected chi connectivity index (χ0v) is 8.62. The molecule has 0 aliphatic heterocycles. The zero-order chi connectivity index (χ0) is 11.1. The highest BCUT2D eigenvalue weighted by Crippen LogP contribution is 1.95. The van der Waals surface area contributed by atoms with Crippen molar-refractivity contribution in [1.29, 1.82) is 0 Å². The molecule has 0 bridgehead atoms. The zero-order valence-electron chi connectivity index (χ0n) is 8.62. The molecule has 80 valence electrons. The lowest BCUT2D eigenvalue weighted by atomic mass is 10.2. The number of carbonyl (C=O) groups is 2. The van der Waals surface area contributed by atoms with Crippen LogP contribution in [-0.2, 0) is 9.59 Å². The van der Waals surface area contributed by atoms with Crippen LogP contribution in [-0.4, -0.2) is 43.4 Å². The van der Waals surface area contributed by atoms with Gasteiger partial charge in [-0.25, -0.2) is 0 Å². The molecule has 0 heterocycles. The molecule has 0 fully saturated rings. The van der Waals surface area contributed by atoms with Crippen LogP contribution in [0.25, 0.3) is 0 Å². The third-order valence-electron chi connectivity index (χ3n) is 1.77. The summed E-state index contributed by atoms with van der Waals surface area (Å²) in [7, 11) is 3.06. The number of hydrogen-bond acceptors (Lipinski definition) is 3. The molecule has 0 aromatic rings. The van der Waals surface area contributed by atoms with Crippen molar-refractivity contribution in [2.45, 2.75) is 12.5 Å². The van der Waals surface area contributed by atoms with Gasteiger partial charge in [0.05, 0.1) is 12.6 Å². The van der Waals surface area contributed by atoms with E-state index in [0.29, 0.717) is 6.42 Å². The van der Waals surface area contributed by atoms with E-state index >= 15 is 0 Å². The maximum absolute atomic E-state index is 11.5. The molecule has 0 rings (SSSR count). The van der Waals surface area contributed by atoms with Crippen molar-refractivity contribution in [2.75, 3.05) is 20.6 Å². The molecule has 0 aromatic heterocycles. The summed E-state index contributed by atoms with van der Waals surface area (Å²) in [4.78, 5) is 23.7. The monoisotopic (exact) mass is 199 g/mol. The number of likely N-dealkylation sites (N-methyl/N-ethyl adjacent to an activating group) is 2. The van der Waals surface area contributed by atoms with Crippen LogP contribution in [0.2, 0.25) is 0 Å². The third kappa shape index (κ3) is 4.04. The van der Waals surface area contributed by atoms with Crippen molar-refractivity contribution in [3.05, 3.63) is 12.7 Å². The second-order valence-electron chi connectivity index (χ2n) is 3.00. The van der Waals surface area contributed by atoms with Gasteiger partial charge < -0.3 is 16.0 Å². The Hall–Kier alpha value is -1.36. The Bertz CT molecular complexity index is 228. The lowest BCUT2D eigenvalue weighted by Crippen LogP contribution is -2.45. The average Bonchev–Trinajstić information content (AvgIpc) is 2.16. The molecule has 5 heteroatoms. The van der Waals surface area contributed by atoms with Crippen LogP contribution in [0.5, 0.6) is 0 Å². The topological polar surface area (TPSA) is 75.4 Å². The minimum absolute atomic E-state index is 0.0280. The van der Waals surface area contributed by atoms with Gasteiger partial charge in [-0.1, -0.05) is 6.08 Å². The van der Waals surface area contributed by atoms with E-state index < -0.39 is 6.04 Å². The molecule has 2 amide bonds. The number of rotatable bonds is 5. The summed E-state index contributed by atoms with van der Waals surface area (Å²) in [6.07, 6.45) is 1.99. The molecule has 0 aliphatic rings. The van der Waals surface area contributed by atoms with Gasteiger partial charge in [0.25, 0.3) is 0 Å². The van der Waals surface area contributed by atoms with E-state index in [-0.39, 0.29) is 18.4 Å². The van der Waals surface area contributed by atoms with Gasteiger partial charge in [0.15, 0.2) is 0 Å². The molecule has 1 unspecified atom stereocenters. The number of nitrogens with two attached hydrogens (primary N) is 1. The van der Waals surface area contributed by atoms with Crippen LogP contribution in [0.3, 0.4) is 0 Å². The minimum atomic E-state index is -0.609. The van der Waals surface area contributed by atoms with E-state index in [1.54, 1.807) is 13.1 Å². The van der Waals surface area contributed by atoms with Gasteiger partial charge in [-0.15, -0.1) is 6.58 Å². The SMILES string of the molecule is C=CCC(N)C(=O)N(C)CC(=O)NC. The first-order valence-corrected chi connectivity index (χ1v) is 4.35. The summed E-state index contributed by atoms with van der Waals surface area (Å²) in [5.41, 5.74) is 5.55. The molecular weight excluding hydrogens is 182 g/mol. The van der Waals surface area contributed by atoms with Gasteiger partial charge in [0.2, 0.25) is 11.8 Å². The van der Waals surface area contributed by atoms with Crippen molar-refractivity contribution in [3.8, 4) is 0 Å². The van der Waals surface area contributed by atoms with Gasteiger partial charge in [-0.2, -0.15) is 0 Å². The molecular formula is C9H17N3O2. The Morgan fingerprint density at radius 1 is 1.64 bits per heavy atom. The summed E-state index contributed by atoms with van der Waals surface area (Å²) in [5, 5.41) is 2.43. The van der Waals surface area contributed by atoms with Crippen LogP contribution in [0.15, 0.2) is 12.7 Å². The smallest absolute Gasteiger partial charge is 0.240 e. The van der Waals surface area contributed by atoms with Crippen LogP contribution < -0.4 is 11.1 Å². The summed E-state index contributed by atoms with van der Waals surface area (Å²) < 4.78 is 0. The minimum Gasteiger partial charge on any atom is -0.358 e. The second-order valence-corrected chi connectivity index (χ2v) is 3.00. The van der Waals surface area contributed by atoms with Gasteiger partial charge in [-0.05, 0) is 6.42 Å². The van der Waals surface area contributed by atoms with Crippen molar-refractivity contribution >= 4 is 11.8 Å². The highest BCUT2D eigenvalue weighted by Gasteiger charge is 2.17. The molecule has 0 aromatic carbocycles. The Balaban J connectivity index is 4.10. The van der Waals surface area contributed by atoms with E-state index in [9.17, 15) is 9.59 Å². The lowest BCUT2D eigenvalue weighted by Gasteiger charge is -2.19. The van der Waals surface area contributed by atoms with Crippen molar-refractivity contribution in [2.24, 2.45) is 5.73 Å². The van der Waals surface area contributed by atoms with Crippen LogP contribution >= 0.6 is 0 Å². The molecule has 3 N–H and O–H groups in total. The first-order chi connectivity index (χ1) is 6.52. The number of hydrogen-bond donors (Lipinski definition) is 2. The number of carbonyl (C=O) groups excluding carboxylic acids is 2. The summed E-state index contributed by atoms with van der Waals surface area (Å²) in [6, 6.07) is -0.609. The van der Waals surface area contributed by atoms with E-state index in [4.69, 9.17) is 5.73 Å². The molecule has 5 nitrogen and oxygen atoms in total. The van der Waals surface area contributed by atoms with Gasteiger partial charge in [0.1, 0.15) is 0 Å². The molecule has 0 spiro atoms. The van der Waals surface area contributed by atoms with Crippen molar-refractivity contribution < 1.29 is 9.59 Å². The quantitative estimate of drug-likeness (QED) is 0.563. The predicted octanol–water partition coefficient (Wildman–Crippen LogP) is -0.906. The molecule has 0 saturated carbocycles. The fourth-order valence-electron chi connectivity index (χ4n) is 0.936. The molecule has 0 radical (unpaired) electrons. The lowest BCUT2D eigenvalue weighted by molar-refractivity contribution is -0.135. The maximum Gasteiger partial charge on any atom is 0.240 e. The largest absolute Gasteiger partial charge is 0.358 e. The van der Waals surface area contributed by atoms with Crippen molar-refractivity contribution in [3.63, 3.8) is 0 Å². The third-order valence-corrected chi connectivity index (χ3v) is 1.77. The Labute approximate surface area is 83.9 Å². The normalized spacial score (nSPS) is 11.6. The number of nitrogens with one attached hydrogen (secondary N) is 1. The Morgan fingerprint density at radius 3 is 2.64 bits per heavy atom. The number of nitrogens with zero attached hydrogens (tertiary/aromatic N) is 1. The van der Waals surface area contributed by atoms with Gasteiger partial charge in [-0.3, -0.25) is 9.59 Å². The molecule has 0 saturated heterocycles. The van der Waals surface area contributed by atoms with Gasteiger partial charge >= 0.3 is 0 Å². The van der Waals surface area contributed by atoms with E-state index in [1.165, 1.54) is 11.9 Å². The molecule has 14 heavy (non-hydrogen) atoms. The fraction of sp³-hybridized carbons (Fsp3) is 0.556. The van der Waals surface area contributed by atoms with Crippen molar-refractivity contribution in [1.82, 2.24) is 10.2 Å². The van der Waals surface area contributed by atoms with Crippen LogP contribution in [0.1, 0.15) is 6.42 Å². The predicted molar refractivity (Wildman–Crippen MR) is 54.5 cm³/mol. The number of amides is 2. The Morgan fingerprint density at radius 2 is 2.21 bits per heavy atom. The summed E-state index contributed by atoms with van der Waals surface area (Å²) in [5.74, 6) is -0.472.